The summed E-state index contributed by atoms with van der Waals surface area (Å²) in [6.45, 7) is 2.11. The van der Waals surface area contributed by atoms with Gasteiger partial charge in [-0.15, -0.1) is 0 Å². The lowest BCUT2D eigenvalue weighted by atomic mass is 10.1. The van der Waals surface area contributed by atoms with Crippen LogP contribution in [0.3, 0.4) is 0 Å². The summed E-state index contributed by atoms with van der Waals surface area (Å²) in [4.78, 5) is 35.1. The zero-order valence-corrected chi connectivity index (χ0v) is 20.8. The highest BCUT2D eigenvalue weighted by atomic mass is 16.5. The number of aromatic nitrogens is 4. The zero-order chi connectivity index (χ0) is 25.9. The second kappa shape index (κ2) is 10.1. The lowest BCUT2D eigenvalue weighted by Gasteiger charge is -2.35. The third-order valence-corrected chi connectivity index (χ3v) is 6.29. The number of piperazine rings is 1. The maximum atomic E-state index is 13.1. The van der Waals surface area contributed by atoms with Crippen molar-refractivity contribution in [2.75, 3.05) is 58.1 Å². The summed E-state index contributed by atoms with van der Waals surface area (Å²) in [7, 11) is 4.73. The van der Waals surface area contributed by atoms with E-state index in [1.165, 1.54) is 0 Å². The Labute approximate surface area is 213 Å². The molecule has 1 saturated heterocycles. The predicted molar refractivity (Wildman–Crippen MR) is 139 cm³/mol. The molecule has 2 N–H and O–H groups in total. The molecule has 1 amide bonds. The SMILES string of the molecule is COc1ccc(-c2cnc3nc(N)nc(N4CCN(C(=O)c5ccccc5OC)CC4)c3n2)cc1OC. The van der Waals surface area contributed by atoms with Crippen molar-refractivity contribution in [1.82, 2.24) is 24.8 Å². The van der Waals surface area contributed by atoms with E-state index in [9.17, 15) is 4.79 Å². The average Bonchev–Trinajstić information content (AvgIpc) is 2.95. The monoisotopic (exact) mass is 501 g/mol. The molecule has 0 saturated carbocycles. The van der Waals surface area contributed by atoms with Crippen molar-refractivity contribution < 1.29 is 19.0 Å². The van der Waals surface area contributed by atoms with Crippen LogP contribution in [0.15, 0.2) is 48.7 Å². The second-order valence-corrected chi connectivity index (χ2v) is 8.38. The Balaban J connectivity index is 1.43. The molecule has 0 radical (unpaired) electrons. The van der Waals surface area contributed by atoms with E-state index in [1.807, 2.05) is 35.2 Å². The first kappa shape index (κ1) is 24.0. The quantitative estimate of drug-likeness (QED) is 0.421. The van der Waals surface area contributed by atoms with Gasteiger partial charge in [0.2, 0.25) is 5.95 Å². The van der Waals surface area contributed by atoms with E-state index in [2.05, 4.69) is 19.9 Å². The van der Waals surface area contributed by atoms with Gasteiger partial charge in [-0.3, -0.25) is 4.79 Å². The highest BCUT2D eigenvalue weighted by molar-refractivity contribution is 5.97. The van der Waals surface area contributed by atoms with Gasteiger partial charge < -0.3 is 29.7 Å². The van der Waals surface area contributed by atoms with Crippen LogP contribution in [0, 0.1) is 0 Å². The van der Waals surface area contributed by atoms with Crippen molar-refractivity contribution in [2.24, 2.45) is 0 Å². The van der Waals surface area contributed by atoms with Crippen molar-refractivity contribution in [1.29, 1.82) is 0 Å². The van der Waals surface area contributed by atoms with Gasteiger partial charge in [-0.1, -0.05) is 12.1 Å². The molecular formula is C26H27N7O4. The number of benzene rings is 2. The maximum absolute atomic E-state index is 13.1. The van der Waals surface area contributed by atoms with Gasteiger partial charge in [0.25, 0.3) is 5.91 Å². The fourth-order valence-corrected chi connectivity index (χ4v) is 4.38. The Morgan fingerprint density at radius 1 is 0.865 bits per heavy atom. The number of fused-ring (bicyclic) bond motifs is 1. The minimum absolute atomic E-state index is 0.0697. The summed E-state index contributed by atoms with van der Waals surface area (Å²) in [6, 6.07) is 12.8. The van der Waals surface area contributed by atoms with Crippen molar-refractivity contribution >= 4 is 28.8 Å². The Kier molecular flexibility index (Phi) is 6.59. The molecule has 190 valence electrons. The second-order valence-electron chi connectivity index (χ2n) is 8.38. The van der Waals surface area contributed by atoms with E-state index in [-0.39, 0.29) is 11.9 Å². The van der Waals surface area contributed by atoms with E-state index in [4.69, 9.17) is 24.9 Å². The fraction of sp³-hybridized carbons (Fsp3) is 0.269. The summed E-state index contributed by atoms with van der Waals surface area (Å²) in [5.74, 6) is 2.40. The Hall–Kier alpha value is -4.67. The lowest BCUT2D eigenvalue weighted by molar-refractivity contribution is 0.0743. The molecule has 0 unspecified atom stereocenters. The zero-order valence-electron chi connectivity index (χ0n) is 20.8. The number of carbonyl (C=O) groups is 1. The molecular weight excluding hydrogens is 474 g/mol. The number of nitrogens with zero attached hydrogens (tertiary/aromatic N) is 6. The molecule has 0 aliphatic carbocycles. The van der Waals surface area contributed by atoms with Crippen LogP contribution in [0.5, 0.6) is 17.2 Å². The minimum atomic E-state index is -0.0697. The van der Waals surface area contributed by atoms with Gasteiger partial charge in [-0.2, -0.15) is 9.97 Å². The number of para-hydroxylation sites is 1. The number of rotatable bonds is 6. The van der Waals surface area contributed by atoms with Crippen LogP contribution in [0.1, 0.15) is 10.4 Å². The van der Waals surface area contributed by atoms with E-state index < -0.39 is 0 Å². The third kappa shape index (κ3) is 4.63. The van der Waals surface area contributed by atoms with Crippen LogP contribution in [0.2, 0.25) is 0 Å². The van der Waals surface area contributed by atoms with Gasteiger partial charge in [-0.05, 0) is 30.3 Å². The number of hydrogen-bond donors (Lipinski definition) is 1. The summed E-state index contributed by atoms with van der Waals surface area (Å²) in [5.41, 5.74) is 8.93. The topological polar surface area (TPSA) is 129 Å². The Morgan fingerprint density at radius 3 is 2.32 bits per heavy atom. The molecule has 0 spiro atoms. The Bertz CT molecular complexity index is 1450. The third-order valence-electron chi connectivity index (χ3n) is 6.29. The van der Waals surface area contributed by atoms with Crippen molar-refractivity contribution in [3.8, 4) is 28.5 Å². The minimum Gasteiger partial charge on any atom is -0.496 e. The number of methoxy groups -OCH3 is 3. The molecule has 1 aliphatic rings. The molecule has 4 aromatic rings. The molecule has 11 nitrogen and oxygen atoms in total. The first-order valence-corrected chi connectivity index (χ1v) is 11.7. The average molecular weight is 502 g/mol. The van der Waals surface area contributed by atoms with Crippen LogP contribution >= 0.6 is 0 Å². The first-order chi connectivity index (χ1) is 18.0. The fourth-order valence-electron chi connectivity index (χ4n) is 4.38. The Morgan fingerprint density at radius 2 is 1.59 bits per heavy atom. The lowest BCUT2D eigenvalue weighted by Crippen LogP contribution is -2.49. The molecule has 1 aliphatic heterocycles. The van der Waals surface area contributed by atoms with Crippen molar-refractivity contribution in [2.45, 2.75) is 0 Å². The molecule has 5 rings (SSSR count). The largest absolute Gasteiger partial charge is 0.496 e. The summed E-state index contributed by atoms with van der Waals surface area (Å²) >= 11 is 0. The van der Waals surface area contributed by atoms with E-state index >= 15 is 0 Å². The van der Waals surface area contributed by atoms with Gasteiger partial charge in [0, 0.05) is 31.7 Å². The highest BCUT2D eigenvalue weighted by Crippen LogP contribution is 2.33. The van der Waals surface area contributed by atoms with Crippen LogP contribution in [0.25, 0.3) is 22.4 Å². The normalized spacial score (nSPS) is 13.5. The number of amides is 1. The smallest absolute Gasteiger partial charge is 0.257 e. The van der Waals surface area contributed by atoms with Crippen LogP contribution in [0.4, 0.5) is 11.8 Å². The van der Waals surface area contributed by atoms with E-state index in [1.54, 1.807) is 39.7 Å². The van der Waals surface area contributed by atoms with Crippen LogP contribution < -0.4 is 24.8 Å². The number of carbonyl (C=O) groups excluding carboxylic acids is 1. The van der Waals surface area contributed by atoms with Gasteiger partial charge >= 0.3 is 0 Å². The molecule has 0 bridgehead atoms. The van der Waals surface area contributed by atoms with Gasteiger partial charge in [0.1, 0.15) is 5.75 Å². The molecule has 11 heteroatoms. The number of nitrogens with two attached hydrogens (primary N) is 1. The number of anilines is 2. The molecule has 2 aromatic carbocycles. The number of hydrogen-bond acceptors (Lipinski definition) is 10. The van der Waals surface area contributed by atoms with Gasteiger partial charge in [-0.25, -0.2) is 9.97 Å². The molecule has 1 fully saturated rings. The van der Waals surface area contributed by atoms with Gasteiger partial charge in [0.15, 0.2) is 28.5 Å². The molecule has 2 aromatic heterocycles. The van der Waals surface area contributed by atoms with Crippen molar-refractivity contribution in [3.05, 3.63) is 54.2 Å². The standard InChI is InChI=1S/C26H27N7O4/c1-35-19-7-5-4-6-17(19)25(34)33-12-10-32(11-13-33)24-22-23(30-26(27)31-24)28-15-18(29-22)16-8-9-20(36-2)21(14-16)37-3/h4-9,14-15H,10-13H2,1-3H3,(H2,27,28,30,31). The maximum Gasteiger partial charge on any atom is 0.257 e. The summed E-state index contributed by atoms with van der Waals surface area (Å²) in [5, 5.41) is 0. The number of nitrogen functional groups attached to an aromatic ring is 1. The first-order valence-electron chi connectivity index (χ1n) is 11.7. The van der Waals surface area contributed by atoms with Crippen LogP contribution in [-0.2, 0) is 0 Å². The number of ether oxygens (including phenoxy) is 3. The van der Waals surface area contributed by atoms with Crippen molar-refractivity contribution in [3.63, 3.8) is 0 Å². The van der Waals surface area contributed by atoms with Gasteiger partial charge in [0.05, 0.1) is 38.8 Å². The molecule has 3 heterocycles. The summed E-state index contributed by atoms with van der Waals surface area (Å²) < 4.78 is 16.1. The van der Waals surface area contributed by atoms with Crippen LogP contribution in [-0.4, -0.2) is 78.3 Å². The highest BCUT2D eigenvalue weighted by Gasteiger charge is 2.26. The van der Waals surface area contributed by atoms with E-state index in [0.717, 1.165) is 5.56 Å². The predicted octanol–water partition coefficient (Wildman–Crippen LogP) is 2.66. The van der Waals surface area contributed by atoms with E-state index in [0.29, 0.717) is 71.7 Å². The summed E-state index contributed by atoms with van der Waals surface area (Å²) in [6.07, 6.45) is 1.64. The molecule has 0 atom stereocenters. The molecule has 37 heavy (non-hydrogen) atoms.